The summed E-state index contributed by atoms with van der Waals surface area (Å²) in [6, 6.07) is 78.7. The lowest BCUT2D eigenvalue weighted by Crippen LogP contribution is -2.10. The van der Waals surface area contributed by atoms with Crippen LogP contribution >= 0.6 is 22.7 Å². The van der Waals surface area contributed by atoms with Gasteiger partial charge in [0.15, 0.2) is 0 Å². The Morgan fingerprint density at radius 2 is 0.898 bits per heavy atom. The highest BCUT2D eigenvalue weighted by Gasteiger charge is 2.19. The van der Waals surface area contributed by atoms with Crippen LogP contribution in [-0.4, -0.2) is 4.98 Å². The highest BCUT2D eigenvalue weighted by atomic mass is 32.1. The summed E-state index contributed by atoms with van der Waals surface area (Å²) < 4.78 is 3.81. The molecule has 9 aromatic carbocycles. The molecule has 11 rings (SSSR count). The Bertz CT molecular complexity index is 3240. The van der Waals surface area contributed by atoms with Crippen LogP contribution in [0.1, 0.15) is 0 Å². The number of aromatic nitrogens is 1. The van der Waals surface area contributed by atoms with E-state index >= 15 is 0 Å². The molecular formula is C55H36N2S2. The maximum atomic E-state index is 5.06. The van der Waals surface area contributed by atoms with Crippen molar-refractivity contribution in [2.24, 2.45) is 0 Å². The second-order valence-electron chi connectivity index (χ2n) is 14.7. The fourth-order valence-electron chi connectivity index (χ4n) is 8.24. The van der Waals surface area contributed by atoms with Gasteiger partial charge in [-0.25, -0.2) is 4.98 Å². The van der Waals surface area contributed by atoms with Gasteiger partial charge in [0, 0.05) is 42.8 Å². The van der Waals surface area contributed by atoms with Gasteiger partial charge in [0.1, 0.15) is 5.01 Å². The minimum atomic E-state index is 1.06. The molecule has 0 saturated carbocycles. The molecule has 4 heteroatoms. The Labute approximate surface area is 351 Å². The van der Waals surface area contributed by atoms with E-state index < -0.39 is 0 Å². The summed E-state index contributed by atoms with van der Waals surface area (Å²) in [5.41, 5.74) is 15.1. The zero-order chi connectivity index (χ0) is 39.1. The number of anilines is 3. The highest BCUT2D eigenvalue weighted by molar-refractivity contribution is 7.27. The van der Waals surface area contributed by atoms with E-state index in [9.17, 15) is 0 Å². The van der Waals surface area contributed by atoms with Gasteiger partial charge in [0.05, 0.1) is 10.2 Å². The van der Waals surface area contributed by atoms with Gasteiger partial charge in [-0.3, -0.25) is 0 Å². The monoisotopic (exact) mass is 788 g/mol. The minimum absolute atomic E-state index is 1.06. The third kappa shape index (κ3) is 6.59. The van der Waals surface area contributed by atoms with Crippen molar-refractivity contribution in [3.8, 4) is 55.1 Å². The average Bonchev–Trinajstić information content (AvgIpc) is 3.90. The van der Waals surface area contributed by atoms with E-state index in [2.05, 4.69) is 223 Å². The number of nitrogens with zero attached hydrogens (tertiary/aromatic N) is 2. The van der Waals surface area contributed by atoms with Crippen LogP contribution in [0, 0.1) is 0 Å². The van der Waals surface area contributed by atoms with Crippen LogP contribution in [0.5, 0.6) is 0 Å². The topological polar surface area (TPSA) is 16.1 Å². The summed E-state index contributed by atoms with van der Waals surface area (Å²) in [5.74, 6) is 0. The van der Waals surface area contributed by atoms with E-state index in [0.29, 0.717) is 0 Å². The first-order chi connectivity index (χ1) is 29.2. The standard InChI is InChI=1S/C55H36N2S2/c1-5-15-37(16-6-1)42-23-13-24-44(33-42)57(45-31-32-46(38-17-7-2-8-18-38)49(34-45)39-19-9-3-10-20-39)43-29-27-40(28-30-43)47-25-14-26-48-50-35-51-53(36-52(50)58-54(47)48)59-55(56-51)41-21-11-4-12-22-41/h1-36H. The van der Waals surface area contributed by atoms with Crippen molar-refractivity contribution in [2.75, 3.05) is 4.90 Å². The number of thiophene rings is 1. The largest absolute Gasteiger partial charge is 0.310 e. The van der Waals surface area contributed by atoms with Crippen LogP contribution in [-0.2, 0) is 0 Å². The molecular weight excluding hydrogens is 753 g/mol. The normalized spacial score (nSPS) is 11.4. The van der Waals surface area contributed by atoms with E-state index in [1.165, 1.54) is 69.4 Å². The maximum Gasteiger partial charge on any atom is 0.124 e. The van der Waals surface area contributed by atoms with Gasteiger partial charge in [-0.05, 0) is 93.0 Å². The van der Waals surface area contributed by atoms with E-state index in [0.717, 1.165) is 33.1 Å². The summed E-state index contributed by atoms with van der Waals surface area (Å²) in [7, 11) is 0. The third-order valence-electron chi connectivity index (χ3n) is 11.1. The van der Waals surface area contributed by atoms with Crippen molar-refractivity contribution in [3.63, 3.8) is 0 Å². The number of benzene rings is 9. The SMILES string of the molecule is c1ccc(-c2cccc(N(c3ccc(-c4cccc5c4sc4cc6sc(-c7ccccc7)nc6cc45)cc3)c3ccc(-c4ccccc4)c(-c4ccccc4)c3)c2)cc1. The smallest absolute Gasteiger partial charge is 0.124 e. The molecule has 0 fully saturated rings. The first kappa shape index (κ1) is 35.1. The Kier molecular flexibility index (Phi) is 8.92. The van der Waals surface area contributed by atoms with Crippen LogP contribution in [0.3, 0.4) is 0 Å². The molecule has 0 aliphatic heterocycles. The first-order valence-corrected chi connectivity index (χ1v) is 21.5. The van der Waals surface area contributed by atoms with E-state index in [4.69, 9.17) is 4.98 Å². The van der Waals surface area contributed by atoms with Crippen LogP contribution in [0.15, 0.2) is 218 Å². The summed E-state index contributed by atoms with van der Waals surface area (Å²) >= 11 is 3.64. The molecule has 0 aliphatic carbocycles. The lowest BCUT2D eigenvalue weighted by Gasteiger charge is -2.27. The molecule has 11 aromatic rings. The Morgan fingerprint density at radius 3 is 1.61 bits per heavy atom. The van der Waals surface area contributed by atoms with Gasteiger partial charge in [0.25, 0.3) is 0 Å². The van der Waals surface area contributed by atoms with Gasteiger partial charge >= 0.3 is 0 Å². The van der Waals surface area contributed by atoms with Crippen molar-refractivity contribution in [3.05, 3.63) is 218 Å². The fraction of sp³-hybridized carbons (Fsp3) is 0. The van der Waals surface area contributed by atoms with Crippen LogP contribution < -0.4 is 4.90 Å². The quantitative estimate of drug-likeness (QED) is 0.152. The van der Waals surface area contributed by atoms with E-state index in [-0.39, 0.29) is 0 Å². The van der Waals surface area contributed by atoms with Crippen LogP contribution in [0.4, 0.5) is 17.1 Å². The van der Waals surface area contributed by atoms with Gasteiger partial charge in [-0.15, -0.1) is 22.7 Å². The molecule has 0 spiro atoms. The predicted molar refractivity (Wildman–Crippen MR) is 254 cm³/mol. The molecule has 278 valence electrons. The van der Waals surface area contributed by atoms with Crippen molar-refractivity contribution in [1.82, 2.24) is 4.98 Å². The number of hydrogen-bond acceptors (Lipinski definition) is 4. The fourth-order valence-corrected chi connectivity index (χ4v) is 10.6. The molecule has 59 heavy (non-hydrogen) atoms. The number of rotatable bonds is 8. The van der Waals surface area contributed by atoms with Crippen molar-refractivity contribution >= 4 is 70.1 Å². The summed E-state index contributed by atoms with van der Waals surface area (Å²) in [4.78, 5) is 7.45. The molecule has 0 bridgehead atoms. The first-order valence-electron chi connectivity index (χ1n) is 19.9. The lowest BCUT2D eigenvalue weighted by atomic mass is 9.93. The molecule has 0 saturated heterocycles. The average molecular weight is 789 g/mol. The Hall–Kier alpha value is -7.11. The summed E-state index contributed by atoms with van der Waals surface area (Å²) in [6.07, 6.45) is 0. The maximum absolute atomic E-state index is 5.06. The zero-order valence-electron chi connectivity index (χ0n) is 32.0. The van der Waals surface area contributed by atoms with Gasteiger partial charge in [-0.2, -0.15) is 0 Å². The highest BCUT2D eigenvalue weighted by Crippen LogP contribution is 2.45. The van der Waals surface area contributed by atoms with Gasteiger partial charge < -0.3 is 4.90 Å². The Morgan fingerprint density at radius 1 is 0.322 bits per heavy atom. The molecule has 0 N–H and O–H groups in total. The van der Waals surface area contributed by atoms with Crippen LogP contribution in [0.2, 0.25) is 0 Å². The predicted octanol–water partition coefficient (Wildman–Crippen LogP) is 16.5. The molecule has 2 nitrogen and oxygen atoms in total. The summed E-state index contributed by atoms with van der Waals surface area (Å²) in [5, 5.41) is 3.60. The van der Waals surface area contributed by atoms with Crippen molar-refractivity contribution in [1.29, 1.82) is 0 Å². The Balaban J connectivity index is 1.02. The molecule has 0 aliphatic rings. The van der Waals surface area contributed by atoms with E-state index in [1.807, 2.05) is 11.3 Å². The van der Waals surface area contributed by atoms with Gasteiger partial charge in [-0.1, -0.05) is 170 Å². The minimum Gasteiger partial charge on any atom is -0.310 e. The zero-order valence-corrected chi connectivity index (χ0v) is 33.6. The molecule has 0 amide bonds. The van der Waals surface area contributed by atoms with E-state index in [1.54, 1.807) is 11.3 Å². The summed E-state index contributed by atoms with van der Waals surface area (Å²) in [6.45, 7) is 0. The molecule has 0 atom stereocenters. The number of fused-ring (bicyclic) bond motifs is 4. The molecule has 0 radical (unpaired) electrons. The van der Waals surface area contributed by atoms with Crippen molar-refractivity contribution < 1.29 is 0 Å². The lowest BCUT2D eigenvalue weighted by molar-refractivity contribution is 1.28. The van der Waals surface area contributed by atoms with Crippen LogP contribution in [0.25, 0.3) is 85.5 Å². The third-order valence-corrected chi connectivity index (χ3v) is 13.4. The van der Waals surface area contributed by atoms with Crippen molar-refractivity contribution in [2.45, 2.75) is 0 Å². The molecule has 2 aromatic heterocycles. The second-order valence-corrected chi connectivity index (χ2v) is 16.8. The van der Waals surface area contributed by atoms with Gasteiger partial charge in [0.2, 0.25) is 0 Å². The molecule has 2 heterocycles. The number of hydrogen-bond donors (Lipinski definition) is 0. The number of thiazole rings is 1. The molecule has 0 unspecified atom stereocenters. The second kappa shape index (κ2) is 15.0.